The zero-order chi connectivity index (χ0) is 12.3. The van der Waals surface area contributed by atoms with Gasteiger partial charge in [-0.25, -0.2) is 0 Å². The quantitative estimate of drug-likeness (QED) is 0.873. The van der Waals surface area contributed by atoms with Gasteiger partial charge in [0.25, 0.3) is 0 Å². The van der Waals surface area contributed by atoms with E-state index in [2.05, 4.69) is 43.6 Å². The van der Waals surface area contributed by atoms with E-state index in [1.807, 2.05) is 11.8 Å². The minimum Gasteiger partial charge on any atom is -0.309 e. The summed E-state index contributed by atoms with van der Waals surface area (Å²) in [5, 5.41) is 4.56. The van der Waals surface area contributed by atoms with Crippen molar-refractivity contribution in [1.29, 1.82) is 0 Å². The molecule has 17 heavy (non-hydrogen) atoms. The zero-order valence-corrected chi connectivity index (χ0v) is 11.9. The van der Waals surface area contributed by atoms with E-state index < -0.39 is 0 Å². The van der Waals surface area contributed by atoms with Crippen LogP contribution in [-0.2, 0) is 6.54 Å². The van der Waals surface area contributed by atoms with E-state index in [0.29, 0.717) is 6.04 Å². The summed E-state index contributed by atoms with van der Waals surface area (Å²) in [7, 11) is 0. The molecule has 1 aliphatic rings. The van der Waals surface area contributed by atoms with Crippen LogP contribution in [0, 0.1) is 13.8 Å². The van der Waals surface area contributed by atoms with Gasteiger partial charge >= 0.3 is 0 Å². The number of benzene rings is 1. The monoisotopic (exact) mass is 249 g/mol. The van der Waals surface area contributed by atoms with Crippen molar-refractivity contribution in [3.8, 4) is 0 Å². The van der Waals surface area contributed by atoms with E-state index in [1.54, 1.807) is 0 Å². The van der Waals surface area contributed by atoms with Crippen LogP contribution >= 0.6 is 11.8 Å². The second-order valence-corrected chi connectivity index (χ2v) is 6.20. The minimum atomic E-state index is 0.714. The molecule has 0 bridgehead atoms. The molecule has 2 heteroatoms. The molecule has 2 unspecified atom stereocenters. The SMILES string of the molecule is CSC1CCCC1NCc1ccc(C)cc1C. The molecule has 0 aromatic heterocycles. The summed E-state index contributed by atoms with van der Waals surface area (Å²) < 4.78 is 0. The molecule has 0 spiro atoms. The van der Waals surface area contributed by atoms with Gasteiger partial charge in [0.2, 0.25) is 0 Å². The van der Waals surface area contributed by atoms with E-state index in [1.165, 1.54) is 36.0 Å². The number of rotatable bonds is 4. The third kappa shape index (κ3) is 3.26. The highest BCUT2D eigenvalue weighted by Crippen LogP contribution is 2.28. The molecule has 1 fully saturated rings. The predicted octanol–water partition coefficient (Wildman–Crippen LogP) is 3.68. The molecule has 0 radical (unpaired) electrons. The molecule has 0 heterocycles. The summed E-state index contributed by atoms with van der Waals surface area (Å²) in [5.74, 6) is 0. The average molecular weight is 249 g/mol. The Labute approximate surface area is 109 Å². The minimum absolute atomic E-state index is 0.714. The van der Waals surface area contributed by atoms with E-state index in [-0.39, 0.29) is 0 Å². The molecular weight excluding hydrogens is 226 g/mol. The van der Waals surface area contributed by atoms with Crippen LogP contribution in [0.1, 0.15) is 36.0 Å². The van der Waals surface area contributed by atoms with Crippen molar-refractivity contribution in [2.45, 2.75) is 50.9 Å². The molecule has 1 saturated carbocycles. The van der Waals surface area contributed by atoms with Crippen LogP contribution in [0.25, 0.3) is 0 Å². The lowest BCUT2D eigenvalue weighted by atomic mass is 10.1. The van der Waals surface area contributed by atoms with Crippen molar-refractivity contribution in [3.05, 3.63) is 34.9 Å². The van der Waals surface area contributed by atoms with Crippen LogP contribution in [0.5, 0.6) is 0 Å². The Morgan fingerprint density at radius 1 is 1.29 bits per heavy atom. The maximum absolute atomic E-state index is 3.74. The Bertz CT molecular complexity index is 375. The van der Waals surface area contributed by atoms with Gasteiger partial charge in [0, 0.05) is 17.8 Å². The molecule has 94 valence electrons. The lowest BCUT2D eigenvalue weighted by Gasteiger charge is -2.20. The number of nitrogens with one attached hydrogen (secondary N) is 1. The maximum Gasteiger partial charge on any atom is 0.0211 e. The van der Waals surface area contributed by atoms with Crippen molar-refractivity contribution in [2.24, 2.45) is 0 Å². The fraction of sp³-hybridized carbons (Fsp3) is 0.600. The first-order valence-corrected chi connectivity index (χ1v) is 7.82. The van der Waals surface area contributed by atoms with Gasteiger partial charge in [0.1, 0.15) is 0 Å². The van der Waals surface area contributed by atoms with Gasteiger partial charge in [-0.15, -0.1) is 0 Å². The number of hydrogen-bond donors (Lipinski definition) is 1. The van der Waals surface area contributed by atoms with Crippen LogP contribution in [0.4, 0.5) is 0 Å². The van der Waals surface area contributed by atoms with E-state index in [9.17, 15) is 0 Å². The summed E-state index contributed by atoms with van der Waals surface area (Å²) in [6.07, 6.45) is 6.35. The topological polar surface area (TPSA) is 12.0 Å². The van der Waals surface area contributed by atoms with Crippen LogP contribution in [0.2, 0.25) is 0 Å². The van der Waals surface area contributed by atoms with Crippen LogP contribution < -0.4 is 5.32 Å². The standard InChI is InChI=1S/C15H23NS/c1-11-7-8-13(12(2)9-11)10-16-14-5-4-6-15(14)17-3/h7-9,14-16H,4-6,10H2,1-3H3. The Hall–Kier alpha value is -0.470. The summed E-state index contributed by atoms with van der Waals surface area (Å²) in [5.41, 5.74) is 4.22. The summed E-state index contributed by atoms with van der Waals surface area (Å²) in [4.78, 5) is 0. The molecule has 1 aromatic rings. The lowest BCUT2D eigenvalue weighted by Crippen LogP contribution is -2.33. The van der Waals surface area contributed by atoms with Crippen molar-refractivity contribution < 1.29 is 0 Å². The Kier molecular flexibility index (Phi) is 4.52. The van der Waals surface area contributed by atoms with Gasteiger partial charge in [0.05, 0.1) is 0 Å². The lowest BCUT2D eigenvalue weighted by molar-refractivity contribution is 0.531. The first kappa shape index (κ1) is 13.0. The van der Waals surface area contributed by atoms with Crippen molar-refractivity contribution in [2.75, 3.05) is 6.26 Å². The Morgan fingerprint density at radius 3 is 2.82 bits per heavy atom. The molecule has 1 aromatic carbocycles. The Morgan fingerprint density at radius 2 is 2.12 bits per heavy atom. The van der Waals surface area contributed by atoms with Crippen LogP contribution in [0.3, 0.4) is 0 Å². The molecule has 1 nitrogen and oxygen atoms in total. The summed E-state index contributed by atoms with van der Waals surface area (Å²) in [6.45, 7) is 5.39. The van der Waals surface area contributed by atoms with Gasteiger partial charge in [-0.1, -0.05) is 30.2 Å². The fourth-order valence-electron chi connectivity index (χ4n) is 2.73. The number of thioether (sulfide) groups is 1. The van der Waals surface area contributed by atoms with E-state index >= 15 is 0 Å². The highest BCUT2D eigenvalue weighted by molar-refractivity contribution is 7.99. The van der Waals surface area contributed by atoms with Crippen molar-refractivity contribution in [3.63, 3.8) is 0 Å². The fourth-order valence-corrected chi connectivity index (χ4v) is 3.69. The molecule has 0 amide bonds. The summed E-state index contributed by atoms with van der Waals surface area (Å²) in [6, 6.07) is 7.47. The third-order valence-electron chi connectivity index (χ3n) is 3.81. The van der Waals surface area contributed by atoms with Gasteiger partial charge in [-0.3, -0.25) is 0 Å². The average Bonchev–Trinajstić information content (AvgIpc) is 2.75. The van der Waals surface area contributed by atoms with Crippen LogP contribution in [0.15, 0.2) is 18.2 Å². The highest BCUT2D eigenvalue weighted by atomic mass is 32.2. The van der Waals surface area contributed by atoms with Gasteiger partial charge in [0.15, 0.2) is 0 Å². The molecule has 1 N–H and O–H groups in total. The van der Waals surface area contributed by atoms with Crippen LogP contribution in [-0.4, -0.2) is 17.5 Å². The van der Waals surface area contributed by atoms with Gasteiger partial charge in [-0.05, 0) is 44.1 Å². The molecule has 2 atom stereocenters. The normalized spacial score (nSPS) is 24.2. The third-order valence-corrected chi connectivity index (χ3v) is 4.98. The molecule has 2 rings (SSSR count). The molecule has 0 aliphatic heterocycles. The van der Waals surface area contributed by atoms with Gasteiger partial charge in [-0.2, -0.15) is 11.8 Å². The van der Waals surface area contributed by atoms with E-state index in [0.717, 1.165) is 11.8 Å². The number of hydrogen-bond acceptors (Lipinski definition) is 2. The van der Waals surface area contributed by atoms with Crippen molar-refractivity contribution in [1.82, 2.24) is 5.32 Å². The zero-order valence-electron chi connectivity index (χ0n) is 11.1. The molecule has 1 aliphatic carbocycles. The Balaban J connectivity index is 1.93. The molecular formula is C15H23NS. The van der Waals surface area contributed by atoms with Gasteiger partial charge < -0.3 is 5.32 Å². The second-order valence-electron chi connectivity index (χ2n) is 5.12. The first-order chi connectivity index (χ1) is 8.20. The smallest absolute Gasteiger partial charge is 0.0211 e. The van der Waals surface area contributed by atoms with Crippen molar-refractivity contribution >= 4 is 11.8 Å². The first-order valence-electron chi connectivity index (χ1n) is 6.53. The maximum atomic E-state index is 3.74. The second kappa shape index (κ2) is 5.92. The molecule has 0 saturated heterocycles. The summed E-state index contributed by atoms with van der Waals surface area (Å²) >= 11 is 2.02. The highest BCUT2D eigenvalue weighted by Gasteiger charge is 2.25. The largest absolute Gasteiger partial charge is 0.309 e. The van der Waals surface area contributed by atoms with E-state index in [4.69, 9.17) is 0 Å². The number of aryl methyl sites for hydroxylation is 2. The predicted molar refractivity (Wildman–Crippen MR) is 77.7 cm³/mol.